The first kappa shape index (κ1) is 13.5. The van der Waals surface area contributed by atoms with Crippen molar-refractivity contribution in [1.29, 1.82) is 0 Å². The van der Waals surface area contributed by atoms with E-state index in [9.17, 15) is 4.79 Å². The monoisotopic (exact) mass is 228 g/mol. The molecule has 1 saturated heterocycles. The molecule has 1 amide bonds. The van der Waals surface area contributed by atoms with Crippen LogP contribution in [-0.2, 0) is 9.53 Å². The molecule has 1 fully saturated rings. The van der Waals surface area contributed by atoms with Crippen LogP contribution in [0.2, 0.25) is 0 Å². The second-order valence-electron chi connectivity index (χ2n) is 4.68. The Hall–Kier alpha value is -0.610. The summed E-state index contributed by atoms with van der Waals surface area (Å²) >= 11 is 0. The molecule has 0 aliphatic carbocycles. The Bertz CT molecular complexity index is 213. The Morgan fingerprint density at radius 1 is 1.38 bits per heavy atom. The highest BCUT2D eigenvalue weighted by Gasteiger charge is 2.20. The van der Waals surface area contributed by atoms with Crippen molar-refractivity contribution in [1.82, 2.24) is 10.2 Å². The fraction of sp³-hybridized carbons (Fsp3) is 0.917. The second-order valence-corrected chi connectivity index (χ2v) is 4.68. The molecule has 1 rings (SSSR count). The van der Waals surface area contributed by atoms with Gasteiger partial charge in [-0.1, -0.05) is 20.8 Å². The van der Waals surface area contributed by atoms with Crippen molar-refractivity contribution >= 4 is 5.91 Å². The van der Waals surface area contributed by atoms with Crippen LogP contribution in [0.1, 0.15) is 27.2 Å². The molecule has 1 aliphatic heterocycles. The van der Waals surface area contributed by atoms with Gasteiger partial charge in [-0.2, -0.15) is 0 Å². The SMILES string of the molecule is CCC(=O)NC(CN1CCOCC1)C(C)C. The molecule has 0 spiro atoms. The van der Waals surface area contributed by atoms with Crippen LogP contribution in [-0.4, -0.2) is 49.7 Å². The minimum Gasteiger partial charge on any atom is -0.379 e. The Morgan fingerprint density at radius 2 is 2.00 bits per heavy atom. The standard InChI is InChI=1S/C12H24N2O2/c1-4-12(15)13-11(10(2)3)9-14-5-7-16-8-6-14/h10-11H,4-9H2,1-3H3,(H,13,15). The van der Waals surface area contributed by atoms with E-state index < -0.39 is 0 Å². The van der Waals surface area contributed by atoms with Gasteiger partial charge in [0.25, 0.3) is 0 Å². The molecule has 16 heavy (non-hydrogen) atoms. The predicted molar refractivity (Wildman–Crippen MR) is 64.3 cm³/mol. The predicted octanol–water partition coefficient (Wildman–Crippen LogP) is 0.869. The van der Waals surface area contributed by atoms with Crippen molar-refractivity contribution in [2.75, 3.05) is 32.8 Å². The Labute approximate surface area is 98.3 Å². The van der Waals surface area contributed by atoms with Crippen LogP contribution in [0.25, 0.3) is 0 Å². The van der Waals surface area contributed by atoms with Crippen molar-refractivity contribution < 1.29 is 9.53 Å². The molecule has 0 saturated carbocycles. The highest BCUT2D eigenvalue weighted by Crippen LogP contribution is 2.06. The highest BCUT2D eigenvalue weighted by atomic mass is 16.5. The van der Waals surface area contributed by atoms with Gasteiger partial charge in [-0.15, -0.1) is 0 Å². The van der Waals surface area contributed by atoms with E-state index in [1.807, 2.05) is 6.92 Å². The molecular formula is C12H24N2O2. The lowest BCUT2D eigenvalue weighted by Crippen LogP contribution is -2.49. The normalized spacial score (nSPS) is 19.8. The third-order valence-corrected chi connectivity index (χ3v) is 3.03. The molecular weight excluding hydrogens is 204 g/mol. The topological polar surface area (TPSA) is 41.6 Å². The fourth-order valence-corrected chi connectivity index (χ4v) is 1.79. The smallest absolute Gasteiger partial charge is 0.219 e. The van der Waals surface area contributed by atoms with Gasteiger partial charge >= 0.3 is 0 Å². The third kappa shape index (κ3) is 4.49. The number of morpholine rings is 1. The number of nitrogens with one attached hydrogen (secondary N) is 1. The molecule has 1 heterocycles. The summed E-state index contributed by atoms with van der Waals surface area (Å²) in [6, 6.07) is 0.255. The van der Waals surface area contributed by atoms with Gasteiger partial charge in [-0.05, 0) is 5.92 Å². The van der Waals surface area contributed by atoms with Crippen LogP contribution in [0.4, 0.5) is 0 Å². The lowest BCUT2D eigenvalue weighted by molar-refractivity contribution is -0.122. The van der Waals surface area contributed by atoms with Gasteiger partial charge in [-0.25, -0.2) is 0 Å². The number of amides is 1. The number of nitrogens with zero attached hydrogens (tertiary/aromatic N) is 1. The zero-order chi connectivity index (χ0) is 12.0. The average molecular weight is 228 g/mol. The molecule has 0 aromatic rings. The van der Waals surface area contributed by atoms with Gasteiger partial charge in [-0.3, -0.25) is 9.69 Å². The molecule has 1 atom stereocenters. The molecule has 0 aromatic carbocycles. The summed E-state index contributed by atoms with van der Waals surface area (Å²) in [5, 5.41) is 3.09. The lowest BCUT2D eigenvalue weighted by atomic mass is 10.0. The number of carbonyl (C=O) groups is 1. The zero-order valence-corrected chi connectivity index (χ0v) is 10.7. The van der Waals surface area contributed by atoms with Crippen molar-refractivity contribution in [2.24, 2.45) is 5.92 Å². The van der Waals surface area contributed by atoms with E-state index >= 15 is 0 Å². The quantitative estimate of drug-likeness (QED) is 0.759. The maximum atomic E-state index is 11.4. The minimum atomic E-state index is 0.145. The number of rotatable bonds is 5. The fourth-order valence-electron chi connectivity index (χ4n) is 1.79. The van der Waals surface area contributed by atoms with E-state index in [2.05, 4.69) is 24.1 Å². The third-order valence-electron chi connectivity index (χ3n) is 3.03. The van der Waals surface area contributed by atoms with Gasteiger partial charge in [0.1, 0.15) is 0 Å². The largest absolute Gasteiger partial charge is 0.379 e. The van der Waals surface area contributed by atoms with Crippen LogP contribution in [0.15, 0.2) is 0 Å². The maximum absolute atomic E-state index is 11.4. The first-order chi connectivity index (χ1) is 7.63. The highest BCUT2D eigenvalue weighted by molar-refractivity contribution is 5.75. The Morgan fingerprint density at radius 3 is 2.50 bits per heavy atom. The first-order valence-electron chi connectivity index (χ1n) is 6.23. The molecule has 1 aliphatic rings. The lowest BCUT2D eigenvalue weighted by Gasteiger charge is -2.32. The summed E-state index contributed by atoms with van der Waals surface area (Å²) in [5.41, 5.74) is 0. The number of hydrogen-bond acceptors (Lipinski definition) is 3. The van der Waals surface area contributed by atoms with Gasteiger partial charge < -0.3 is 10.1 Å². The molecule has 4 nitrogen and oxygen atoms in total. The van der Waals surface area contributed by atoms with Crippen LogP contribution >= 0.6 is 0 Å². The van der Waals surface area contributed by atoms with Crippen molar-refractivity contribution in [3.05, 3.63) is 0 Å². The van der Waals surface area contributed by atoms with Gasteiger partial charge in [0.2, 0.25) is 5.91 Å². The summed E-state index contributed by atoms with van der Waals surface area (Å²) in [6.07, 6.45) is 0.562. The Balaban J connectivity index is 2.40. The van der Waals surface area contributed by atoms with Gasteiger partial charge in [0.05, 0.1) is 13.2 Å². The molecule has 0 aromatic heterocycles. The Kier molecular flexibility index (Phi) is 5.77. The number of ether oxygens (including phenoxy) is 1. The van der Waals surface area contributed by atoms with E-state index in [4.69, 9.17) is 4.74 Å². The maximum Gasteiger partial charge on any atom is 0.219 e. The van der Waals surface area contributed by atoms with Crippen molar-refractivity contribution in [2.45, 2.75) is 33.2 Å². The van der Waals surface area contributed by atoms with Crippen molar-refractivity contribution in [3.8, 4) is 0 Å². The summed E-state index contributed by atoms with van der Waals surface area (Å²) in [6.45, 7) is 10.7. The number of carbonyl (C=O) groups excluding carboxylic acids is 1. The molecule has 0 radical (unpaired) electrons. The van der Waals surface area contributed by atoms with Crippen LogP contribution < -0.4 is 5.32 Å². The molecule has 4 heteroatoms. The van der Waals surface area contributed by atoms with Crippen LogP contribution in [0, 0.1) is 5.92 Å². The van der Waals surface area contributed by atoms with E-state index in [0.717, 1.165) is 32.8 Å². The molecule has 1 N–H and O–H groups in total. The summed E-state index contributed by atoms with van der Waals surface area (Å²) in [5.74, 6) is 0.616. The minimum absolute atomic E-state index is 0.145. The summed E-state index contributed by atoms with van der Waals surface area (Å²) in [7, 11) is 0. The van der Waals surface area contributed by atoms with E-state index in [1.165, 1.54) is 0 Å². The average Bonchev–Trinajstić information content (AvgIpc) is 2.29. The number of hydrogen-bond donors (Lipinski definition) is 1. The van der Waals surface area contributed by atoms with E-state index in [1.54, 1.807) is 0 Å². The summed E-state index contributed by atoms with van der Waals surface area (Å²) < 4.78 is 5.32. The van der Waals surface area contributed by atoms with Crippen molar-refractivity contribution in [3.63, 3.8) is 0 Å². The van der Waals surface area contributed by atoms with Crippen LogP contribution in [0.3, 0.4) is 0 Å². The van der Waals surface area contributed by atoms with Crippen LogP contribution in [0.5, 0.6) is 0 Å². The molecule has 94 valence electrons. The van der Waals surface area contributed by atoms with E-state index in [0.29, 0.717) is 12.3 Å². The first-order valence-corrected chi connectivity index (χ1v) is 6.23. The second kappa shape index (κ2) is 6.86. The van der Waals surface area contributed by atoms with Gasteiger partial charge in [0, 0.05) is 32.1 Å². The van der Waals surface area contributed by atoms with E-state index in [-0.39, 0.29) is 11.9 Å². The summed E-state index contributed by atoms with van der Waals surface area (Å²) in [4.78, 5) is 13.8. The molecule has 0 bridgehead atoms. The zero-order valence-electron chi connectivity index (χ0n) is 10.7. The molecule has 1 unspecified atom stereocenters. The van der Waals surface area contributed by atoms with Gasteiger partial charge in [0.15, 0.2) is 0 Å².